The standard InChI is InChI=1S/C15H21N3O2S/c1-4-7-16-13(14(19)20-3)9-21-15-17-11-6-5-10(2)8-12(11)18-15/h5-6,8,13,16H,4,7,9H2,1-3H3,(H,17,18). The third-order valence-electron chi connectivity index (χ3n) is 3.13. The quantitative estimate of drug-likeness (QED) is 0.608. The van der Waals surface area contributed by atoms with E-state index >= 15 is 0 Å². The van der Waals surface area contributed by atoms with Gasteiger partial charge in [-0.15, -0.1) is 0 Å². The number of aryl methyl sites for hydroxylation is 1. The molecule has 5 nitrogen and oxygen atoms in total. The Morgan fingerprint density at radius 1 is 1.52 bits per heavy atom. The summed E-state index contributed by atoms with van der Waals surface area (Å²) in [6, 6.07) is 5.80. The van der Waals surface area contributed by atoms with Crippen LogP contribution >= 0.6 is 11.8 Å². The zero-order valence-electron chi connectivity index (χ0n) is 12.6. The third-order valence-corrected chi connectivity index (χ3v) is 4.10. The Hall–Kier alpha value is -1.53. The molecule has 0 bridgehead atoms. The van der Waals surface area contributed by atoms with Crippen LogP contribution in [-0.2, 0) is 9.53 Å². The first-order valence-electron chi connectivity index (χ1n) is 7.04. The summed E-state index contributed by atoms with van der Waals surface area (Å²) in [7, 11) is 1.41. The van der Waals surface area contributed by atoms with Crippen LogP contribution in [0.25, 0.3) is 11.0 Å². The van der Waals surface area contributed by atoms with Gasteiger partial charge in [-0.3, -0.25) is 4.79 Å². The van der Waals surface area contributed by atoms with Gasteiger partial charge in [0, 0.05) is 5.75 Å². The van der Waals surface area contributed by atoms with E-state index < -0.39 is 0 Å². The van der Waals surface area contributed by atoms with Crippen molar-refractivity contribution in [1.82, 2.24) is 15.3 Å². The Bertz CT molecular complexity index is 612. The van der Waals surface area contributed by atoms with Gasteiger partial charge >= 0.3 is 5.97 Å². The Kier molecular flexibility index (Phi) is 5.64. The molecule has 2 N–H and O–H groups in total. The van der Waals surface area contributed by atoms with Crippen molar-refractivity contribution in [3.8, 4) is 0 Å². The first kappa shape index (κ1) is 15.9. The number of carbonyl (C=O) groups is 1. The summed E-state index contributed by atoms with van der Waals surface area (Å²) in [5, 5.41) is 4.02. The number of thioether (sulfide) groups is 1. The molecule has 21 heavy (non-hydrogen) atoms. The van der Waals surface area contributed by atoms with Gasteiger partial charge in [-0.1, -0.05) is 24.8 Å². The molecule has 114 valence electrons. The van der Waals surface area contributed by atoms with Crippen molar-refractivity contribution in [1.29, 1.82) is 0 Å². The summed E-state index contributed by atoms with van der Waals surface area (Å²) in [5.41, 5.74) is 3.16. The van der Waals surface area contributed by atoms with Crippen molar-refractivity contribution in [2.24, 2.45) is 0 Å². The molecule has 0 fully saturated rings. The number of hydrogen-bond acceptors (Lipinski definition) is 5. The zero-order chi connectivity index (χ0) is 15.2. The Morgan fingerprint density at radius 2 is 2.33 bits per heavy atom. The molecule has 2 aromatic rings. The van der Waals surface area contributed by atoms with Gasteiger partial charge in [-0.2, -0.15) is 0 Å². The van der Waals surface area contributed by atoms with Crippen molar-refractivity contribution in [2.45, 2.75) is 31.5 Å². The van der Waals surface area contributed by atoms with E-state index in [9.17, 15) is 4.79 Å². The van der Waals surface area contributed by atoms with Gasteiger partial charge in [-0.05, 0) is 37.6 Å². The second-order valence-electron chi connectivity index (χ2n) is 4.90. The maximum absolute atomic E-state index is 11.7. The van der Waals surface area contributed by atoms with Gasteiger partial charge in [0.25, 0.3) is 0 Å². The van der Waals surface area contributed by atoms with Crippen molar-refractivity contribution in [3.05, 3.63) is 23.8 Å². The number of benzene rings is 1. The van der Waals surface area contributed by atoms with E-state index in [-0.39, 0.29) is 12.0 Å². The number of carbonyl (C=O) groups excluding carboxylic acids is 1. The highest BCUT2D eigenvalue weighted by atomic mass is 32.2. The van der Waals surface area contributed by atoms with Crippen LogP contribution in [-0.4, -0.2) is 41.4 Å². The molecule has 1 heterocycles. The molecule has 0 aliphatic rings. The van der Waals surface area contributed by atoms with Crippen LogP contribution in [0, 0.1) is 6.92 Å². The van der Waals surface area contributed by atoms with Gasteiger partial charge in [-0.25, -0.2) is 4.98 Å². The third kappa shape index (κ3) is 4.22. The zero-order valence-corrected chi connectivity index (χ0v) is 13.4. The molecule has 0 aliphatic carbocycles. The molecular weight excluding hydrogens is 286 g/mol. The molecule has 1 aromatic heterocycles. The van der Waals surface area contributed by atoms with Crippen LogP contribution in [0.3, 0.4) is 0 Å². The maximum atomic E-state index is 11.7. The lowest BCUT2D eigenvalue weighted by atomic mass is 10.2. The highest BCUT2D eigenvalue weighted by Gasteiger charge is 2.19. The molecular formula is C15H21N3O2S. The first-order chi connectivity index (χ1) is 10.1. The molecule has 1 aromatic carbocycles. The summed E-state index contributed by atoms with van der Waals surface area (Å²) in [5.74, 6) is 0.355. The normalized spacial score (nSPS) is 12.5. The summed E-state index contributed by atoms with van der Waals surface area (Å²) in [4.78, 5) is 19.5. The van der Waals surface area contributed by atoms with E-state index in [4.69, 9.17) is 4.74 Å². The summed E-state index contributed by atoms with van der Waals surface area (Å²) < 4.78 is 4.83. The molecule has 0 aliphatic heterocycles. The lowest BCUT2D eigenvalue weighted by Crippen LogP contribution is -2.40. The van der Waals surface area contributed by atoms with Gasteiger partial charge in [0.15, 0.2) is 5.16 Å². The number of nitrogens with zero attached hydrogens (tertiary/aromatic N) is 1. The van der Waals surface area contributed by atoms with E-state index in [1.807, 2.05) is 12.1 Å². The predicted octanol–water partition coefficient (Wildman–Crippen LogP) is 2.50. The fraction of sp³-hybridized carbons (Fsp3) is 0.467. The second kappa shape index (κ2) is 7.47. The van der Waals surface area contributed by atoms with Gasteiger partial charge in [0.2, 0.25) is 0 Å². The largest absolute Gasteiger partial charge is 0.468 e. The average Bonchev–Trinajstić information content (AvgIpc) is 2.88. The maximum Gasteiger partial charge on any atom is 0.323 e. The van der Waals surface area contributed by atoms with Crippen molar-refractivity contribution >= 4 is 28.8 Å². The number of fused-ring (bicyclic) bond motifs is 1. The van der Waals surface area contributed by atoms with Crippen molar-refractivity contribution < 1.29 is 9.53 Å². The van der Waals surface area contributed by atoms with E-state index in [0.717, 1.165) is 29.2 Å². The fourth-order valence-electron chi connectivity index (χ4n) is 2.00. The van der Waals surface area contributed by atoms with Crippen LogP contribution in [0.2, 0.25) is 0 Å². The molecule has 0 amide bonds. The lowest BCUT2D eigenvalue weighted by molar-refractivity contribution is -0.142. The first-order valence-corrected chi connectivity index (χ1v) is 8.03. The Morgan fingerprint density at radius 3 is 3.05 bits per heavy atom. The molecule has 1 unspecified atom stereocenters. The highest BCUT2D eigenvalue weighted by molar-refractivity contribution is 7.99. The molecule has 1 atom stereocenters. The Balaban J connectivity index is 2.02. The van der Waals surface area contributed by atoms with Crippen molar-refractivity contribution in [3.63, 3.8) is 0 Å². The van der Waals surface area contributed by atoms with Gasteiger partial charge in [0.1, 0.15) is 6.04 Å². The lowest BCUT2D eigenvalue weighted by Gasteiger charge is -2.14. The number of aromatic nitrogens is 2. The van der Waals surface area contributed by atoms with Crippen LogP contribution in [0.1, 0.15) is 18.9 Å². The van der Waals surface area contributed by atoms with Gasteiger partial charge < -0.3 is 15.0 Å². The van der Waals surface area contributed by atoms with Crippen molar-refractivity contribution in [2.75, 3.05) is 19.4 Å². The van der Waals surface area contributed by atoms with Crippen LogP contribution < -0.4 is 5.32 Å². The number of nitrogens with one attached hydrogen (secondary N) is 2. The summed E-state index contributed by atoms with van der Waals surface area (Å²) in [6.07, 6.45) is 0.974. The minimum atomic E-state index is -0.310. The molecule has 0 saturated carbocycles. The number of aromatic amines is 1. The van der Waals surface area contributed by atoms with E-state index in [0.29, 0.717) is 5.75 Å². The number of imidazole rings is 1. The number of H-pyrrole nitrogens is 1. The molecule has 0 saturated heterocycles. The monoisotopic (exact) mass is 307 g/mol. The second-order valence-corrected chi connectivity index (χ2v) is 5.91. The van der Waals surface area contributed by atoms with Gasteiger partial charge in [0.05, 0.1) is 18.1 Å². The smallest absolute Gasteiger partial charge is 0.323 e. The molecule has 6 heteroatoms. The number of methoxy groups -OCH3 is 1. The van der Waals surface area contributed by atoms with E-state index in [1.54, 1.807) is 0 Å². The Labute approximate surface area is 128 Å². The summed E-state index contributed by atoms with van der Waals surface area (Å²) in [6.45, 7) is 4.91. The minimum Gasteiger partial charge on any atom is -0.468 e. The number of rotatable bonds is 7. The highest BCUT2D eigenvalue weighted by Crippen LogP contribution is 2.21. The molecule has 2 rings (SSSR count). The number of esters is 1. The summed E-state index contributed by atoms with van der Waals surface area (Å²) >= 11 is 1.52. The SMILES string of the molecule is CCCNC(CSc1nc2ccc(C)cc2[nH]1)C(=O)OC. The average molecular weight is 307 g/mol. The topological polar surface area (TPSA) is 67.0 Å². The van der Waals surface area contributed by atoms with Crippen LogP contribution in [0.4, 0.5) is 0 Å². The number of hydrogen-bond donors (Lipinski definition) is 2. The van der Waals surface area contributed by atoms with E-state index in [1.165, 1.54) is 24.4 Å². The van der Waals surface area contributed by atoms with Crippen LogP contribution in [0.5, 0.6) is 0 Å². The molecule has 0 spiro atoms. The minimum absolute atomic E-state index is 0.233. The number of ether oxygens (including phenoxy) is 1. The molecule has 0 radical (unpaired) electrons. The predicted molar refractivity (Wildman–Crippen MR) is 85.7 cm³/mol. The fourth-order valence-corrected chi connectivity index (χ4v) is 2.93. The van der Waals surface area contributed by atoms with Crippen LogP contribution in [0.15, 0.2) is 23.4 Å². The van der Waals surface area contributed by atoms with E-state index in [2.05, 4.69) is 35.2 Å².